The molecule has 0 aliphatic carbocycles. The van der Waals surface area contributed by atoms with Gasteiger partial charge in [-0.1, -0.05) is 6.07 Å². The third kappa shape index (κ3) is 3.11. The second-order valence-electron chi connectivity index (χ2n) is 4.78. The number of hydrogen-bond donors (Lipinski definition) is 0. The number of benzene rings is 1. The predicted molar refractivity (Wildman–Crippen MR) is 69.4 cm³/mol. The Labute approximate surface area is 102 Å². The van der Waals surface area contributed by atoms with Gasteiger partial charge in [-0.15, -0.1) is 4.91 Å². The van der Waals surface area contributed by atoms with Gasteiger partial charge in [0, 0.05) is 32.7 Å². The van der Waals surface area contributed by atoms with Crippen molar-refractivity contribution in [3.05, 3.63) is 34.2 Å². The van der Waals surface area contributed by atoms with Gasteiger partial charge in [0.05, 0.1) is 0 Å². The van der Waals surface area contributed by atoms with Crippen LogP contribution in [0.5, 0.6) is 0 Å². The van der Waals surface area contributed by atoms with Crippen molar-refractivity contribution in [3.63, 3.8) is 0 Å². The standard InChI is InChI=1S/C13H19N3O/c1-11-3-4-13(14-17)9-12(11)10-16-7-5-15(2)6-8-16/h3-4,9H,5-8,10H2,1-2H3. The Morgan fingerprint density at radius 3 is 2.59 bits per heavy atom. The minimum absolute atomic E-state index is 0.528. The summed E-state index contributed by atoms with van der Waals surface area (Å²) in [5.41, 5.74) is 2.97. The summed E-state index contributed by atoms with van der Waals surface area (Å²) in [5.74, 6) is 0. The van der Waals surface area contributed by atoms with Crippen molar-refractivity contribution in [1.29, 1.82) is 0 Å². The van der Waals surface area contributed by atoms with E-state index in [2.05, 4.69) is 28.9 Å². The van der Waals surface area contributed by atoms with Crippen molar-refractivity contribution in [3.8, 4) is 0 Å². The van der Waals surface area contributed by atoms with E-state index in [1.165, 1.54) is 11.1 Å². The van der Waals surface area contributed by atoms with Crippen LogP contribution in [0.3, 0.4) is 0 Å². The van der Waals surface area contributed by atoms with E-state index in [4.69, 9.17) is 0 Å². The van der Waals surface area contributed by atoms with Crippen molar-refractivity contribution in [1.82, 2.24) is 9.80 Å². The second-order valence-corrected chi connectivity index (χ2v) is 4.78. The smallest absolute Gasteiger partial charge is 0.108 e. The summed E-state index contributed by atoms with van der Waals surface area (Å²) < 4.78 is 0. The van der Waals surface area contributed by atoms with E-state index in [1.54, 1.807) is 6.07 Å². The van der Waals surface area contributed by atoms with Crippen LogP contribution in [0.2, 0.25) is 0 Å². The molecule has 0 aromatic heterocycles. The largest absolute Gasteiger partial charge is 0.304 e. The fraction of sp³-hybridized carbons (Fsp3) is 0.538. The Bertz CT molecular complexity index is 398. The van der Waals surface area contributed by atoms with E-state index in [0.717, 1.165) is 32.7 Å². The topological polar surface area (TPSA) is 35.9 Å². The normalized spacial score (nSPS) is 18.2. The van der Waals surface area contributed by atoms with Crippen LogP contribution in [-0.2, 0) is 6.54 Å². The quantitative estimate of drug-likeness (QED) is 0.750. The van der Waals surface area contributed by atoms with Crippen molar-refractivity contribution < 1.29 is 0 Å². The number of nitroso groups, excluding NO2 is 1. The molecule has 0 N–H and O–H groups in total. The molecule has 0 unspecified atom stereocenters. The zero-order valence-electron chi connectivity index (χ0n) is 10.5. The Kier molecular flexibility index (Phi) is 3.86. The third-order valence-corrected chi connectivity index (χ3v) is 3.43. The van der Waals surface area contributed by atoms with Gasteiger partial charge in [0.15, 0.2) is 0 Å². The van der Waals surface area contributed by atoms with Crippen LogP contribution in [0.15, 0.2) is 23.4 Å². The fourth-order valence-corrected chi connectivity index (χ4v) is 2.13. The first-order chi connectivity index (χ1) is 8.19. The zero-order valence-corrected chi connectivity index (χ0v) is 10.5. The zero-order chi connectivity index (χ0) is 12.3. The number of nitrogens with zero attached hydrogens (tertiary/aromatic N) is 3. The maximum atomic E-state index is 10.5. The molecule has 17 heavy (non-hydrogen) atoms. The molecule has 1 aromatic carbocycles. The molecular formula is C13H19N3O. The highest BCUT2D eigenvalue weighted by Gasteiger charge is 2.14. The molecule has 0 bridgehead atoms. The van der Waals surface area contributed by atoms with E-state index < -0.39 is 0 Å². The van der Waals surface area contributed by atoms with E-state index in [-0.39, 0.29) is 0 Å². The lowest BCUT2D eigenvalue weighted by molar-refractivity contribution is 0.148. The van der Waals surface area contributed by atoms with Crippen molar-refractivity contribution in [2.45, 2.75) is 13.5 Å². The Balaban J connectivity index is 2.05. The van der Waals surface area contributed by atoms with Crippen molar-refractivity contribution in [2.75, 3.05) is 33.2 Å². The molecule has 1 fully saturated rings. The molecular weight excluding hydrogens is 214 g/mol. The maximum Gasteiger partial charge on any atom is 0.108 e. The molecule has 0 saturated carbocycles. The number of likely N-dealkylation sites (N-methyl/N-ethyl adjacent to an activating group) is 1. The summed E-state index contributed by atoms with van der Waals surface area (Å²) in [6.07, 6.45) is 0. The highest BCUT2D eigenvalue weighted by molar-refractivity contribution is 5.43. The molecule has 1 aliphatic heterocycles. The van der Waals surface area contributed by atoms with Gasteiger partial charge in [-0.25, -0.2) is 0 Å². The number of piperazine rings is 1. The number of aryl methyl sites for hydroxylation is 1. The second kappa shape index (κ2) is 5.38. The molecule has 0 amide bonds. The van der Waals surface area contributed by atoms with E-state index in [1.807, 2.05) is 12.1 Å². The summed E-state index contributed by atoms with van der Waals surface area (Å²) in [7, 11) is 2.15. The first kappa shape index (κ1) is 12.2. The minimum Gasteiger partial charge on any atom is -0.304 e. The van der Waals surface area contributed by atoms with Crippen LogP contribution in [0, 0.1) is 11.8 Å². The van der Waals surface area contributed by atoms with E-state index >= 15 is 0 Å². The molecule has 92 valence electrons. The van der Waals surface area contributed by atoms with Crippen LogP contribution < -0.4 is 0 Å². The van der Waals surface area contributed by atoms with Gasteiger partial charge in [0.25, 0.3) is 0 Å². The summed E-state index contributed by atoms with van der Waals surface area (Å²) in [6.45, 7) is 7.42. The summed E-state index contributed by atoms with van der Waals surface area (Å²) in [5, 5.41) is 3.00. The van der Waals surface area contributed by atoms with Crippen molar-refractivity contribution in [2.24, 2.45) is 5.18 Å². The minimum atomic E-state index is 0.528. The van der Waals surface area contributed by atoms with Crippen LogP contribution in [0.4, 0.5) is 5.69 Å². The Hall–Kier alpha value is -1.26. The predicted octanol–water partition coefficient (Wildman–Crippen LogP) is 2.14. The van der Waals surface area contributed by atoms with Crippen LogP contribution >= 0.6 is 0 Å². The van der Waals surface area contributed by atoms with Crippen LogP contribution in [0.25, 0.3) is 0 Å². The van der Waals surface area contributed by atoms with Gasteiger partial charge in [-0.2, -0.15) is 0 Å². The highest BCUT2D eigenvalue weighted by Crippen LogP contribution is 2.19. The maximum absolute atomic E-state index is 10.5. The average molecular weight is 233 g/mol. The molecule has 0 spiro atoms. The van der Waals surface area contributed by atoms with Gasteiger partial charge in [0.1, 0.15) is 5.69 Å². The van der Waals surface area contributed by atoms with Gasteiger partial charge >= 0.3 is 0 Å². The molecule has 1 aromatic rings. The van der Waals surface area contributed by atoms with Gasteiger partial charge in [-0.3, -0.25) is 4.90 Å². The summed E-state index contributed by atoms with van der Waals surface area (Å²) in [6, 6.07) is 5.65. The summed E-state index contributed by atoms with van der Waals surface area (Å²) >= 11 is 0. The van der Waals surface area contributed by atoms with Gasteiger partial charge < -0.3 is 4.90 Å². The lowest BCUT2D eigenvalue weighted by Crippen LogP contribution is -2.43. The molecule has 0 atom stereocenters. The first-order valence-electron chi connectivity index (χ1n) is 6.03. The van der Waals surface area contributed by atoms with Crippen LogP contribution in [-0.4, -0.2) is 43.0 Å². The van der Waals surface area contributed by atoms with Gasteiger partial charge in [0.2, 0.25) is 0 Å². The van der Waals surface area contributed by atoms with E-state index in [9.17, 15) is 4.91 Å². The number of hydrogen-bond acceptors (Lipinski definition) is 4. The van der Waals surface area contributed by atoms with Crippen molar-refractivity contribution >= 4 is 5.69 Å². The fourth-order valence-electron chi connectivity index (χ4n) is 2.13. The summed E-state index contributed by atoms with van der Waals surface area (Å²) in [4.78, 5) is 15.3. The molecule has 1 saturated heterocycles. The SMILES string of the molecule is Cc1ccc(N=O)cc1CN1CCN(C)CC1. The lowest BCUT2D eigenvalue weighted by atomic mass is 10.1. The Morgan fingerprint density at radius 2 is 1.94 bits per heavy atom. The third-order valence-electron chi connectivity index (χ3n) is 3.43. The number of rotatable bonds is 3. The monoisotopic (exact) mass is 233 g/mol. The highest BCUT2D eigenvalue weighted by atomic mass is 16.3. The lowest BCUT2D eigenvalue weighted by Gasteiger charge is -2.32. The van der Waals surface area contributed by atoms with E-state index in [0.29, 0.717) is 5.69 Å². The molecule has 1 heterocycles. The Morgan fingerprint density at radius 1 is 1.24 bits per heavy atom. The van der Waals surface area contributed by atoms with Gasteiger partial charge in [-0.05, 0) is 42.4 Å². The molecule has 2 rings (SSSR count). The molecule has 1 aliphatic rings. The average Bonchev–Trinajstić information content (AvgIpc) is 2.35. The first-order valence-corrected chi connectivity index (χ1v) is 6.03. The molecule has 4 heteroatoms. The van der Waals surface area contributed by atoms with Crippen LogP contribution in [0.1, 0.15) is 11.1 Å². The molecule has 4 nitrogen and oxygen atoms in total. The molecule has 0 radical (unpaired) electrons.